The maximum Gasteiger partial charge on any atom is 0.140 e. The lowest BCUT2D eigenvalue weighted by molar-refractivity contribution is -0.146. The van der Waals surface area contributed by atoms with E-state index in [0.29, 0.717) is 17.1 Å². The number of ketones is 1. The fourth-order valence-electron chi connectivity index (χ4n) is 8.67. The number of allylic oxidation sites excluding steroid dienone is 2. The van der Waals surface area contributed by atoms with E-state index in [1.54, 1.807) is 0 Å². The SMILES string of the molecule is CC(C)CCC[C@@H](C)[C@H]1CC[C@H]2[C@@H]3CC(=O)[C@H]4C=CCC[C@]4(C)[C@H]3CC[C@]12C. The largest absolute Gasteiger partial charge is 0.299 e. The van der Waals surface area contributed by atoms with Crippen LogP contribution in [0, 0.1) is 52.3 Å². The van der Waals surface area contributed by atoms with E-state index in [2.05, 4.69) is 46.8 Å². The lowest BCUT2D eigenvalue weighted by atomic mass is 9.45. The molecular formula is C27H44O. The highest BCUT2D eigenvalue weighted by Gasteiger charge is 2.61. The average molecular weight is 385 g/mol. The van der Waals surface area contributed by atoms with Crippen LogP contribution in [0.2, 0.25) is 0 Å². The van der Waals surface area contributed by atoms with Gasteiger partial charge in [-0.2, -0.15) is 0 Å². The van der Waals surface area contributed by atoms with E-state index in [-0.39, 0.29) is 11.3 Å². The second-order valence-electron chi connectivity index (χ2n) is 12.0. The molecule has 0 aromatic carbocycles. The van der Waals surface area contributed by atoms with Gasteiger partial charge >= 0.3 is 0 Å². The summed E-state index contributed by atoms with van der Waals surface area (Å²) in [5, 5.41) is 0. The van der Waals surface area contributed by atoms with Crippen LogP contribution in [0.25, 0.3) is 0 Å². The first-order valence-corrected chi connectivity index (χ1v) is 12.5. The van der Waals surface area contributed by atoms with Crippen molar-refractivity contribution in [3.8, 4) is 0 Å². The van der Waals surface area contributed by atoms with Crippen LogP contribution >= 0.6 is 0 Å². The van der Waals surface area contributed by atoms with E-state index < -0.39 is 0 Å². The molecule has 3 saturated carbocycles. The van der Waals surface area contributed by atoms with Crippen molar-refractivity contribution in [1.82, 2.24) is 0 Å². The van der Waals surface area contributed by atoms with Crippen molar-refractivity contribution < 1.29 is 4.79 Å². The van der Waals surface area contributed by atoms with Gasteiger partial charge in [-0.1, -0.05) is 66.0 Å². The Bertz CT molecular complexity index is 618. The van der Waals surface area contributed by atoms with Gasteiger partial charge in [0, 0.05) is 12.3 Å². The monoisotopic (exact) mass is 384 g/mol. The molecule has 0 saturated heterocycles. The molecule has 3 fully saturated rings. The molecule has 0 bridgehead atoms. The highest BCUT2D eigenvalue weighted by atomic mass is 16.1. The van der Waals surface area contributed by atoms with Crippen molar-refractivity contribution in [3.63, 3.8) is 0 Å². The van der Waals surface area contributed by atoms with Crippen molar-refractivity contribution in [3.05, 3.63) is 12.2 Å². The molecule has 0 aromatic heterocycles. The molecule has 158 valence electrons. The van der Waals surface area contributed by atoms with E-state index in [4.69, 9.17) is 0 Å². The van der Waals surface area contributed by atoms with Crippen LogP contribution < -0.4 is 0 Å². The summed E-state index contributed by atoms with van der Waals surface area (Å²) in [6.07, 6.45) is 17.6. The molecule has 28 heavy (non-hydrogen) atoms. The highest BCUT2D eigenvalue weighted by Crippen LogP contribution is 2.67. The molecule has 8 atom stereocenters. The third-order valence-electron chi connectivity index (χ3n) is 10.2. The average Bonchev–Trinajstić information content (AvgIpc) is 2.99. The van der Waals surface area contributed by atoms with Crippen molar-refractivity contribution in [2.75, 3.05) is 0 Å². The second-order valence-corrected chi connectivity index (χ2v) is 12.0. The molecule has 0 unspecified atom stereocenters. The first-order valence-electron chi connectivity index (χ1n) is 12.5. The highest BCUT2D eigenvalue weighted by molar-refractivity contribution is 5.85. The minimum atomic E-state index is 0.221. The smallest absolute Gasteiger partial charge is 0.140 e. The lowest BCUT2D eigenvalue weighted by Crippen LogP contribution is -2.55. The molecule has 1 nitrogen and oxygen atoms in total. The molecule has 0 aromatic rings. The van der Waals surface area contributed by atoms with Gasteiger partial charge in [0.2, 0.25) is 0 Å². The van der Waals surface area contributed by atoms with Gasteiger partial charge in [-0.25, -0.2) is 0 Å². The number of hydrogen-bond donors (Lipinski definition) is 0. The minimum absolute atomic E-state index is 0.221. The molecule has 0 spiro atoms. The number of rotatable bonds is 5. The molecule has 1 heteroatoms. The molecule has 0 heterocycles. The molecule has 0 radical (unpaired) electrons. The van der Waals surface area contributed by atoms with Crippen molar-refractivity contribution in [2.24, 2.45) is 52.3 Å². The predicted octanol–water partition coefficient (Wildman–Crippen LogP) is 7.45. The van der Waals surface area contributed by atoms with E-state index in [1.807, 2.05) is 0 Å². The van der Waals surface area contributed by atoms with E-state index in [0.717, 1.165) is 36.0 Å². The number of carbonyl (C=O) groups excluding carboxylic acids is 1. The zero-order valence-corrected chi connectivity index (χ0v) is 19.2. The summed E-state index contributed by atoms with van der Waals surface area (Å²) in [4.78, 5) is 13.2. The van der Waals surface area contributed by atoms with E-state index in [1.165, 1.54) is 57.8 Å². The maximum atomic E-state index is 13.2. The lowest BCUT2D eigenvalue weighted by Gasteiger charge is -2.59. The van der Waals surface area contributed by atoms with Gasteiger partial charge in [0.1, 0.15) is 5.78 Å². The first kappa shape index (κ1) is 20.7. The Morgan fingerprint density at radius 1 is 1.00 bits per heavy atom. The Kier molecular flexibility index (Phi) is 5.60. The Morgan fingerprint density at radius 3 is 2.50 bits per heavy atom. The quantitative estimate of drug-likeness (QED) is 0.450. The molecule has 0 amide bonds. The van der Waals surface area contributed by atoms with Gasteiger partial charge in [-0.3, -0.25) is 4.79 Å². The third-order valence-corrected chi connectivity index (χ3v) is 10.2. The molecular weight excluding hydrogens is 340 g/mol. The van der Waals surface area contributed by atoms with E-state index in [9.17, 15) is 4.79 Å². The third kappa shape index (κ3) is 3.24. The topological polar surface area (TPSA) is 17.1 Å². The van der Waals surface area contributed by atoms with Crippen LogP contribution in [0.3, 0.4) is 0 Å². The molecule has 4 aliphatic carbocycles. The van der Waals surface area contributed by atoms with Crippen molar-refractivity contribution >= 4 is 5.78 Å². The van der Waals surface area contributed by atoms with Crippen molar-refractivity contribution in [2.45, 2.75) is 98.8 Å². The molecule has 4 aliphatic rings. The van der Waals surface area contributed by atoms with Gasteiger partial charge in [0.25, 0.3) is 0 Å². The Morgan fingerprint density at radius 2 is 1.75 bits per heavy atom. The van der Waals surface area contributed by atoms with Crippen molar-refractivity contribution in [1.29, 1.82) is 0 Å². The van der Waals surface area contributed by atoms with Crippen LogP contribution in [-0.4, -0.2) is 5.78 Å². The van der Waals surface area contributed by atoms with Gasteiger partial charge in [0.05, 0.1) is 0 Å². The summed E-state index contributed by atoms with van der Waals surface area (Å²) in [6.45, 7) is 12.4. The van der Waals surface area contributed by atoms with Crippen LogP contribution in [0.5, 0.6) is 0 Å². The summed E-state index contributed by atoms with van der Waals surface area (Å²) in [5.41, 5.74) is 0.740. The predicted molar refractivity (Wildman–Crippen MR) is 118 cm³/mol. The zero-order valence-electron chi connectivity index (χ0n) is 19.2. The van der Waals surface area contributed by atoms with Gasteiger partial charge < -0.3 is 0 Å². The second kappa shape index (κ2) is 7.59. The van der Waals surface area contributed by atoms with Gasteiger partial charge in [0.15, 0.2) is 0 Å². The van der Waals surface area contributed by atoms with Crippen LogP contribution in [0.1, 0.15) is 98.8 Å². The summed E-state index contributed by atoms with van der Waals surface area (Å²) < 4.78 is 0. The van der Waals surface area contributed by atoms with Crippen LogP contribution in [0.15, 0.2) is 12.2 Å². The number of hydrogen-bond acceptors (Lipinski definition) is 1. The summed E-state index contributed by atoms with van der Waals surface area (Å²) in [6, 6.07) is 0. The first-order chi connectivity index (χ1) is 13.3. The van der Waals surface area contributed by atoms with Gasteiger partial charge in [-0.05, 0) is 84.9 Å². The normalized spacial score (nSPS) is 46.2. The fourth-order valence-corrected chi connectivity index (χ4v) is 8.67. The minimum Gasteiger partial charge on any atom is -0.299 e. The van der Waals surface area contributed by atoms with Crippen LogP contribution in [0.4, 0.5) is 0 Å². The molecule has 0 N–H and O–H groups in total. The maximum absolute atomic E-state index is 13.2. The number of fused-ring (bicyclic) bond motifs is 5. The Balaban J connectivity index is 1.51. The van der Waals surface area contributed by atoms with Crippen LogP contribution in [-0.2, 0) is 4.79 Å². The zero-order chi connectivity index (χ0) is 20.1. The standard InChI is InChI=1S/C27H44O/c1-18(2)9-8-10-19(3)21-12-13-22-20-17-25(28)24-11-6-7-15-26(24,4)23(20)14-16-27(21,22)5/h6,11,18-24H,7-10,12-17H2,1-5H3/t19-,20+,21-,22+,23+,24-,26-,27-/m1/s1. The fraction of sp³-hybridized carbons (Fsp3) is 0.889. The molecule has 4 rings (SSSR count). The number of Topliss-reactive ketones (excluding diaryl/α,β-unsaturated/α-hetero) is 1. The Hall–Kier alpha value is -0.590. The Labute approximate surface area is 174 Å². The number of carbonyl (C=O) groups is 1. The molecule has 0 aliphatic heterocycles. The van der Waals surface area contributed by atoms with Gasteiger partial charge in [-0.15, -0.1) is 0 Å². The summed E-state index contributed by atoms with van der Waals surface area (Å²) in [7, 11) is 0. The summed E-state index contributed by atoms with van der Waals surface area (Å²) in [5.74, 6) is 5.62. The van der Waals surface area contributed by atoms with E-state index >= 15 is 0 Å². The summed E-state index contributed by atoms with van der Waals surface area (Å²) >= 11 is 0.